The van der Waals surface area contributed by atoms with Gasteiger partial charge in [-0.1, -0.05) is 19.3 Å². The Morgan fingerprint density at radius 1 is 1.20 bits per heavy atom. The van der Waals surface area contributed by atoms with E-state index in [1.54, 1.807) is 0 Å². The van der Waals surface area contributed by atoms with Gasteiger partial charge in [0.05, 0.1) is 16.8 Å². The van der Waals surface area contributed by atoms with Crippen LogP contribution in [0.4, 0.5) is 0 Å². The number of carbonyl (C=O) groups is 1. The van der Waals surface area contributed by atoms with E-state index in [1.807, 2.05) is 18.7 Å². The van der Waals surface area contributed by atoms with Crippen LogP contribution in [0, 0.1) is 18.3 Å². The summed E-state index contributed by atoms with van der Waals surface area (Å²) in [4.78, 5) is 17.6. The summed E-state index contributed by atoms with van der Waals surface area (Å²) in [6, 6.07) is 2.17. The molecule has 5 heteroatoms. The number of hydrogen-bond acceptors (Lipinski definition) is 3. The molecule has 0 N–H and O–H groups in total. The molecule has 1 aliphatic carbocycles. The Hall–Kier alpha value is -1.36. The number of rotatable bonds is 4. The van der Waals surface area contributed by atoms with Crippen LogP contribution in [-0.4, -0.2) is 51.7 Å². The number of aryl methyl sites for hydroxylation is 2. The number of likely N-dealkylation sites (tertiary alicyclic amines) is 2. The highest BCUT2D eigenvalue weighted by Gasteiger charge is 2.53. The molecule has 3 heterocycles. The van der Waals surface area contributed by atoms with E-state index in [2.05, 4.69) is 21.0 Å². The molecule has 25 heavy (non-hydrogen) atoms. The SMILES string of the molecule is Cc1cc(CN2CCC[C@]3(C2)CN(CC2CCCCC2)C3=O)n(C)n1. The fourth-order valence-corrected chi connectivity index (χ4v) is 5.28. The third-order valence-electron chi connectivity index (χ3n) is 6.58. The zero-order chi connectivity index (χ0) is 17.4. The molecule has 0 radical (unpaired) electrons. The number of aromatic nitrogens is 2. The molecule has 0 unspecified atom stereocenters. The van der Waals surface area contributed by atoms with Crippen molar-refractivity contribution >= 4 is 5.91 Å². The molecule has 4 rings (SSSR count). The summed E-state index contributed by atoms with van der Waals surface area (Å²) in [6.07, 6.45) is 8.96. The lowest BCUT2D eigenvalue weighted by atomic mass is 9.71. The Morgan fingerprint density at radius 3 is 2.68 bits per heavy atom. The van der Waals surface area contributed by atoms with Crippen LogP contribution in [0.1, 0.15) is 56.3 Å². The fourth-order valence-electron chi connectivity index (χ4n) is 5.28. The number of piperidine rings is 1. The maximum atomic E-state index is 13.0. The molecule has 1 saturated carbocycles. The molecule has 1 atom stereocenters. The van der Waals surface area contributed by atoms with Gasteiger partial charge in [0.1, 0.15) is 0 Å². The van der Waals surface area contributed by atoms with Gasteiger partial charge < -0.3 is 4.90 Å². The fraction of sp³-hybridized carbons (Fsp3) is 0.800. The van der Waals surface area contributed by atoms with Crippen molar-refractivity contribution in [3.05, 3.63) is 17.5 Å². The van der Waals surface area contributed by atoms with E-state index in [4.69, 9.17) is 0 Å². The Morgan fingerprint density at radius 2 is 2.00 bits per heavy atom. The summed E-state index contributed by atoms with van der Waals surface area (Å²) in [6.45, 7) is 6.98. The van der Waals surface area contributed by atoms with Crippen LogP contribution in [0.15, 0.2) is 6.07 Å². The third-order valence-corrected chi connectivity index (χ3v) is 6.58. The third kappa shape index (κ3) is 3.35. The summed E-state index contributed by atoms with van der Waals surface area (Å²) < 4.78 is 1.98. The molecule has 3 aliphatic rings. The van der Waals surface area contributed by atoms with E-state index in [-0.39, 0.29) is 5.41 Å². The molecule has 1 aromatic heterocycles. The zero-order valence-corrected chi connectivity index (χ0v) is 15.8. The molecule has 5 nitrogen and oxygen atoms in total. The summed E-state index contributed by atoms with van der Waals surface area (Å²) in [5.41, 5.74) is 2.24. The van der Waals surface area contributed by atoms with Gasteiger partial charge in [-0.15, -0.1) is 0 Å². The molecule has 1 spiro atoms. The standard InChI is InChI=1S/C20H32N4O/c1-16-11-18(22(2)21-16)13-23-10-6-9-20(14-23)15-24(19(20)25)12-17-7-4-3-5-8-17/h11,17H,3-10,12-15H2,1-2H3/t20-/m0/s1. The Bertz CT molecular complexity index is 634. The molecule has 0 aromatic carbocycles. The van der Waals surface area contributed by atoms with Crippen LogP contribution in [0.2, 0.25) is 0 Å². The number of β-lactam (4-membered cyclic amide) rings is 1. The average Bonchev–Trinajstić information content (AvgIpc) is 2.93. The molecule has 138 valence electrons. The largest absolute Gasteiger partial charge is 0.341 e. The first-order chi connectivity index (χ1) is 12.1. The minimum absolute atomic E-state index is 0.0828. The minimum Gasteiger partial charge on any atom is -0.341 e. The van der Waals surface area contributed by atoms with Gasteiger partial charge in [0.2, 0.25) is 5.91 Å². The van der Waals surface area contributed by atoms with Crippen molar-refractivity contribution < 1.29 is 4.79 Å². The van der Waals surface area contributed by atoms with Gasteiger partial charge in [-0.3, -0.25) is 14.4 Å². The van der Waals surface area contributed by atoms with Gasteiger partial charge in [0.25, 0.3) is 0 Å². The second-order valence-electron chi connectivity index (χ2n) is 8.68. The van der Waals surface area contributed by atoms with Crippen LogP contribution < -0.4 is 0 Å². The quantitative estimate of drug-likeness (QED) is 0.789. The molecule has 2 saturated heterocycles. The number of carbonyl (C=O) groups excluding carboxylic acids is 1. The first kappa shape index (κ1) is 17.1. The van der Waals surface area contributed by atoms with E-state index in [0.717, 1.165) is 57.2 Å². The van der Waals surface area contributed by atoms with Crippen molar-refractivity contribution in [2.45, 2.75) is 58.4 Å². The molecule has 1 amide bonds. The van der Waals surface area contributed by atoms with E-state index in [0.29, 0.717) is 5.91 Å². The van der Waals surface area contributed by atoms with Gasteiger partial charge in [0.15, 0.2) is 0 Å². The predicted molar refractivity (Wildman–Crippen MR) is 98.0 cm³/mol. The van der Waals surface area contributed by atoms with Crippen LogP contribution in [0.3, 0.4) is 0 Å². The molecular weight excluding hydrogens is 312 g/mol. The van der Waals surface area contributed by atoms with E-state index in [1.165, 1.54) is 37.8 Å². The van der Waals surface area contributed by atoms with Crippen molar-refractivity contribution in [2.24, 2.45) is 18.4 Å². The topological polar surface area (TPSA) is 41.4 Å². The molecule has 3 fully saturated rings. The Labute approximate surface area is 151 Å². The average molecular weight is 345 g/mol. The first-order valence-electron chi connectivity index (χ1n) is 10.1. The minimum atomic E-state index is -0.0828. The van der Waals surface area contributed by atoms with Gasteiger partial charge in [-0.05, 0) is 51.1 Å². The Kier molecular flexibility index (Phi) is 4.61. The van der Waals surface area contributed by atoms with E-state index >= 15 is 0 Å². The van der Waals surface area contributed by atoms with Crippen molar-refractivity contribution in [3.8, 4) is 0 Å². The normalized spacial score (nSPS) is 28.6. The monoisotopic (exact) mass is 344 g/mol. The zero-order valence-electron chi connectivity index (χ0n) is 15.8. The van der Waals surface area contributed by atoms with Crippen LogP contribution >= 0.6 is 0 Å². The van der Waals surface area contributed by atoms with Gasteiger partial charge in [-0.2, -0.15) is 5.10 Å². The van der Waals surface area contributed by atoms with Gasteiger partial charge >= 0.3 is 0 Å². The summed E-state index contributed by atoms with van der Waals surface area (Å²) in [5.74, 6) is 1.19. The lowest BCUT2D eigenvalue weighted by Gasteiger charge is -2.54. The highest BCUT2D eigenvalue weighted by molar-refractivity contribution is 5.89. The van der Waals surface area contributed by atoms with Crippen molar-refractivity contribution in [3.63, 3.8) is 0 Å². The lowest BCUT2D eigenvalue weighted by Crippen LogP contribution is -2.67. The second-order valence-corrected chi connectivity index (χ2v) is 8.68. The summed E-state index contributed by atoms with van der Waals surface area (Å²) in [5, 5.41) is 4.45. The number of nitrogens with zero attached hydrogens (tertiary/aromatic N) is 4. The van der Waals surface area contributed by atoms with E-state index in [9.17, 15) is 4.79 Å². The van der Waals surface area contributed by atoms with Crippen LogP contribution in [-0.2, 0) is 18.4 Å². The smallest absolute Gasteiger partial charge is 0.231 e. The van der Waals surface area contributed by atoms with Crippen molar-refractivity contribution in [2.75, 3.05) is 26.2 Å². The van der Waals surface area contributed by atoms with Crippen molar-refractivity contribution in [1.29, 1.82) is 0 Å². The second kappa shape index (κ2) is 6.75. The summed E-state index contributed by atoms with van der Waals surface area (Å²) >= 11 is 0. The number of amides is 1. The van der Waals surface area contributed by atoms with E-state index < -0.39 is 0 Å². The molecule has 0 bridgehead atoms. The predicted octanol–water partition coefficient (Wildman–Crippen LogP) is 2.73. The Balaban J connectivity index is 1.35. The number of hydrogen-bond donors (Lipinski definition) is 0. The summed E-state index contributed by atoms with van der Waals surface area (Å²) in [7, 11) is 2.02. The molecular formula is C20H32N4O. The lowest BCUT2D eigenvalue weighted by molar-refractivity contribution is -0.167. The first-order valence-corrected chi connectivity index (χ1v) is 10.1. The van der Waals surface area contributed by atoms with Crippen LogP contribution in [0.5, 0.6) is 0 Å². The van der Waals surface area contributed by atoms with Gasteiger partial charge in [0, 0.05) is 33.2 Å². The molecule has 2 aliphatic heterocycles. The maximum Gasteiger partial charge on any atom is 0.231 e. The van der Waals surface area contributed by atoms with Crippen molar-refractivity contribution in [1.82, 2.24) is 19.6 Å². The highest BCUT2D eigenvalue weighted by Crippen LogP contribution is 2.41. The maximum absolute atomic E-state index is 13.0. The molecule has 1 aromatic rings. The van der Waals surface area contributed by atoms with Gasteiger partial charge in [-0.25, -0.2) is 0 Å². The van der Waals surface area contributed by atoms with Crippen LogP contribution in [0.25, 0.3) is 0 Å². The highest BCUT2D eigenvalue weighted by atomic mass is 16.2.